The molecule has 0 bridgehead atoms. The van der Waals surface area contributed by atoms with Crippen LogP contribution in [0.3, 0.4) is 0 Å². The van der Waals surface area contributed by atoms with E-state index in [0.29, 0.717) is 18.1 Å². The van der Waals surface area contributed by atoms with Gasteiger partial charge in [-0.05, 0) is 18.2 Å². The summed E-state index contributed by atoms with van der Waals surface area (Å²) in [6.45, 7) is 8.16. The van der Waals surface area contributed by atoms with E-state index in [2.05, 4.69) is 23.1 Å². The van der Waals surface area contributed by atoms with E-state index in [1.165, 1.54) is 0 Å². The van der Waals surface area contributed by atoms with E-state index in [0.717, 1.165) is 16.1 Å². The topological polar surface area (TPSA) is 34.0 Å². The van der Waals surface area contributed by atoms with Gasteiger partial charge in [-0.3, -0.25) is 9.98 Å². The van der Waals surface area contributed by atoms with Crippen molar-refractivity contribution in [2.75, 3.05) is 13.6 Å². The van der Waals surface area contributed by atoms with Gasteiger partial charge in [0.2, 0.25) is 0 Å². The fourth-order valence-corrected chi connectivity index (χ4v) is 1.84. The van der Waals surface area contributed by atoms with Crippen molar-refractivity contribution in [3.63, 3.8) is 0 Å². The van der Waals surface area contributed by atoms with E-state index in [4.69, 9.17) is 4.74 Å². The van der Waals surface area contributed by atoms with Gasteiger partial charge in [0.1, 0.15) is 11.5 Å². The number of nitrogens with zero attached hydrogens (tertiary/aromatic N) is 2. The molecule has 0 spiro atoms. The Hall–Kier alpha value is -2.42. The molecule has 3 heteroatoms. The molecule has 0 saturated heterocycles. The van der Waals surface area contributed by atoms with E-state index < -0.39 is 0 Å². The number of benzene rings is 1. The highest BCUT2D eigenvalue weighted by atomic mass is 16.5. The summed E-state index contributed by atoms with van der Waals surface area (Å²) >= 11 is 0. The van der Waals surface area contributed by atoms with Crippen molar-refractivity contribution in [3.05, 3.63) is 71.2 Å². The number of rotatable bonds is 2. The summed E-state index contributed by atoms with van der Waals surface area (Å²) in [4.78, 5) is 8.62. The highest BCUT2D eigenvalue weighted by Gasteiger charge is 2.06. The highest BCUT2D eigenvalue weighted by molar-refractivity contribution is 5.80. The van der Waals surface area contributed by atoms with Crippen molar-refractivity contribution >= 4 is 12.3 Å². The first kappa shape index (κ1) is 13.0. The average molecular weight is 252 g/mol. The Morgan fingerprint density at radius 3 is 2.89 bits per heavy atom. The number of para-hydroxylation sites is 1. The lowest BCUT2D eigenvalue weighted by molar-refractivity contribution is 0.342. The first-order chi connectivity index (χ1) is 9.24. The van der Waals surface area contributed by atoms with Crippen LogP contribution < -0.4 is 10.6 Å². The molecule has 1 aromatic carbocycles. The zero-order valence-corrected chi connectivity index (χ0v) is 11.0. The summed E-state index contributed by atoms with van der Waals surface area (Å²) in [7, 11) is 1.72. The van der Waals surface area contributed by atoms with Gasteiger partial charge in [0.25, 0.3) is 0 Å². The minimum absolute atomic E-state index is 0.497. The van der Waals surface area contributed by atoms with Gasteiger partial charge in [-0.1, -0.05) is 31.4 Å². The van der Waals surface area contributed by atoms with E-state index in [1.54, 1.807) is 19.3 Å². The Morgan fingerprint density at radius 1 is 1.37 bits per heavy atom. The van der Waals surface area contributed by atoms with Crippen LogP contribution in [0.4, 0.5) is 0 Å². The lowest BCUT2D eigenvalue weighted by Crippen LogP contribution is -2.24. The minimum atomic E-state index is 0.497. The zero-order valence-electron chi connectivity index (χ0n) is 11.0. The summed E-state index contributed by atoms with van der Waals surface area (Å²) in [6, 6.07) is 7.88. The van der Waals surface area contributed by atoms with Crippen molar-refractivity contribution in [2.45, 2.75) is 0 Å². The Balaban J connectivity index is 2.62. The van der Waals surface area contributed by atoms with Crippen LogP contribution in [0.5, 0.6) is 0 Å². The van der Waals surface area contributed by atoms with Crippen molar-refractivity contribution in [2.24, 2.45) is 9.98 Å². The molecule has 0 unspecified atom stereocenters. The number of aliphatic imine (C=N–C) groups is 1. The zero-order chi connectivity index (χ0) is 13.7. The second kappa shape index (κ2) is 5.96. The summed E-state index contributed by atoms with van der Waals surface area (Å²) < 4.78 is 5.70. The maximum Gasteiger partial charge on any atom is 0.133 e. The Kier molecular flexibility index (Phi) is 4.08. The highest BCUT2D eigenvalue weighted by Crippen LogP contribution is 2.12. The molecule has 0 aliphatic carbocycles. The van der Waals surface area contributed by atoms with Crippen molar-refractivity contribution in [3.8, 4) is 0 Å². The molecule has 0 N–H and O–H groups in total. The van der Waals surface area contributed by atoms with Crippen LogP contribution in [-0.2, 0) is 4.74 Å². The Bertz CT molecular complexity index is 681. The summed E-state index contributed by atoms with van der Waals surface area (Å²) in [5.74, 6) is 1.20. The lowest BCUT2D eigenvalue weighted by Gasteiger charge is -2.08. The third kappa shape index (κ3) is 3.07. The van der Waals surface area contributed by atoms with Gasteiger partial charge in [-0.15, -0.1) is 0 Å². The van der Waals surface area contributed by atoms with Crippen LogP contribution in [0.25, 0.3) is 6.08 Å². The van der Waals surface area contributed by atoms with Crippen LogP contribution in [0.1, 0.15) is 0 Å². The summed E-state index contributed by atoms with van der Waals surface area (Å²) in [5.41, 5.74) is 0.878. The maximum atomic E-state index is 5.70. The van der Waals surface area contributed by atoms with Gasteiger partial charge in [-0.25, -0.2) is 0 Å². The van der Waals surface area contributed by atoms with Crippen LogP contribution in [0.15, 0.2) is 70.6 Å². The lowest BCUT2D eigenvalue weighted by atomic mass is 10.2. The number of hydrogen-bond acceptors (Lipinski definition) is 3. The average Bonchev–Trinajstić information content (AvgIpc) is 2.48. The summed E-state index contributed by atoms with van der Waals surface area (Å²) in [5, 5.41) is 1.91. The predicted octanol–water partition coefficient (Wildman–Crippen LogP) is 1.77. The minimum Gasteiger partial charge on any atom is -0.458 e. The fourth-order valence-electron chi connectivity index (χ4n) is 1.84. The van der Waals surface area contributed by atoms with Crippen molar-refractivity contribution < 1.29 is 4.74 Å². The number of allylic oxidation sites excluding steroid dienone is 2. The molecule has 1 aliphatic heterocycles. The van der Waals surface area contributed by atoms with Gasteiger partial charge >= 0.3 is 0 Å². The van der Waals surface area contributed by atoms with Crippen LogP contribution in [-0.4, -0.2) is 19.8 Å². The van der Waals surface area contributed by atoms with Crippen LogP contribution >= 0.6 is 0 Å². The normalized spacial score (nSPS) is 21.1. The van der Waals surface area contributed by atoms with Gasteiger partial charge in [0, 0.05) is 24.1 Å². The molecule has 19 heavy (non-hydrogen) atoms. The molecule has 96 valence electrons. The molecule has 0 amide bonds. The van der Waals surface area contributed by atoms with Gasteiger partial charge < -0.3 is 4.74 Å². The SMILES string of the molecule is C=C/C1=C(\C=NC)CN=c2cccc/c2=C/C(=C)O1. The molecule has 2 rings (SSSR count). The van der Waals surface area contributed by atoms with Crippen LogP contribution in [0, 0.1) is 0 Å². The number of hydrogen-bond donors (Lipinski definition) is 0. The molecule has 1 aliphatic rings. The van der Waals surface area contributed by atoms with E-state index in [-0.39, 0.29) is 0 Å². The molecule has 3 nitrogen and oxygen atoms in total. The second-order valence-corrected chi connectivity index (χ2v) is 4.07. The van der Waals surface area contributed by atoms with E-state index >= 15 is 0 Å². The molecule has 1 aromatic rings. The standard InChI is InChI=1S/C16H16N2O/c1-4-16-14(10-17-3)11-18-15-8-6-5-7-13(15)9-12(2)19-16/h4-10H,1-2,11H2,3H3/b13-9-,16-14-,17-10?,18-15?. The molecule has 1 heterocycles. The fraction of sp³-hybridized carbons (Fsp3) is 0.125. The Morgan fingerprint density at radius 2 is 2.16 bits per heavy atom. The van der Waals surface area contributed by atoms with E-state index in [9.17, 15) is 0 Å². The van der Waals surface area contributed by atoms with Gasteiger partial charge in [0.05, 0.1) is 11.9 Å². The predicted molar refractivity (Wildman–Crippen MR) is 78.4 cm³/mol. The third-order valence-corrected chi connectivity index (χ3v) is 2.70. The monoisotopic (exact) mass is 252 g/mol. The van der Waals surface area contributed by atoms with Crippen molar-refractivity contribution in [1.82, 2.24) is 0 Å². The Labute approximate surface area is 112 Å². The largest absolute Gasteiger partial charge is 0.458 e. The number of fused-ring (bicyclic) bond motifs is 1. The van der Waals surface area contributed by atoms with Gasteiger partial charge in [-0.2, -0.15) is 0 Å². The van der Waals surface area contributed by atoms with Gasteiger partial charge in [0.15, 0.2) is 0 Å². The molecular formula is C16H16N2O. The van der Waals surface area contributed by atoms with Crippen molar-refractivity contribution in [1.29, 1.82) is 0 Å². The molecule has 0 fully saturated rings. The molecule has 0 aromatic heterocycles. The molecule has 0 atom stereocenters. The second-order valence-electron chi connectivity index (χ2n) is 4.07. The summed E-state index contributed by atoms with van der Waals surface area (Å²) in [6.07, 6.45) is 5.26. The third-order valence-electron chi connectivity index (χ3n) is 2.70. The number of ether oxygens (including phenoxy) is 1. The molecule has 0 saturated carbocycles. The van der Waals surface area contributed by atoms with E-state index in [1.807, 2.05) is 30.3 Å². The first-order valence-corrected chi connectivity index (χ1v) is 6.00. The molecule has 0 radical (unpaired) electrons. The first-order valence-electron chi connectivity index (χ1n) is 6.00. The quantitative estimate of drug-likeness (QED) is 0.739. The smallest absolute Gasteiger partial charge is 0.133 e. The molecular weight excluding hydrogens is 236 g/mol. The van der Waals surface area contributed by atoms with Crippen LogP contribution in [0.2, 0.25) is 0 Å². The maximum absolute atomic E-state index is 5.70.